The van der Waals surface area contributed by atoms with Crippen LogP contribution >= 0.6 is 0 Å². The number of ketones is 1. The van der Waals surface area contributed by atoms with Gasteiger partial charge in [0.2, 0.25) is 0 Å². The standard InChI is InChI=1S/C14H11N3O2/c18-14-6-10(9-19-11-2-1-4-15-7-11)17-13-8-16-5-3-12(13)14/h1-5,7-8H,6,9H2. The highest BCUT2D eigenvalue weighted by atomic mass is 16.5. The Balaban J connectivity index is 1.77. The van der Waals surface area contributed by atoms with Crippen LogP contribution in [0.15, 0.2) is 48.0 Å². The first kappa shape index (κ1) is 11.5. The highest BCUT2D eigenvalue weighted by Crippen LogP contribution is 2.24. The lowest BCUT2D eigenvalue weighted by molar-refractivity contribution is 0.0998. The Labute approximate surface area is 110 Å². The van der Waals surface area contributed by atoms with Crippen LogP contribution in [0.2, 0.25) is 0 Å². The highest BCUT2D eigenvalue weighted by molar-refractivity contribution is 6.15. The minimum atomic E-state index is 0.0530. The SMILES string of the molecule is O=C1CC(COc2cccnc2)=Nc2cnccc21. The Morgan fingerprint density at radius 2 is 2.05 bits per heavy atom. The molecule has 5 heteroatoms. The molecule has 0 atom stereocenters. The summed E-state index contributed by atoms with van der Waals surface area (Å²) < 4.78 is 5.54. The topological polar surface area (TPSA) is 64.4 Å². The maximum atomic E-state index is 11.9. The Morgan fingerprint density at radius 3 is 2.89 bits per heavy atom. The summed E-state index contributed by atoms with van der Waals surface area (Å²) in [5.41, 5.74) is 1.94. The van der Waals surface area contributed by atoms with Crippen LogP contribution in [0, 0.1) is 0 Å². The van der Waals surface area contributed by atoms with E-state index in [1.807, 2.05) is 6.07 Å². The van der Waals surface area contributed by atoms with Crippen molar-refractivity contribution in [1.29, 1.82) is 0 Å². The van der Waals surface area contributed by atoms with Gasteiger partial charge in [-0.3, -0.25) is 19.8 Å². The van der Waals surface area contributed by atoms with Gasteiger partial charge in [-0.1, -0.05) is 0 Å². The molecule has 94 valence electrons. The van der Waals surface area contributed by atoms with Gasteiger partial charge < -0.3 is 4.74 Å². The van der Waals surface area contributed by atoms with Crippen LogP contribution < -0.4 is 4.74 Å². The lowest BCUT2D eigenvalue weighted by atomic mass is 10.0. The molecule has 0 saturated heterocycles. The number of carbonyl (C=O) groups is 1. The minimum absolute atomic E-state index is 0.0530. The first-order chi connectivity index (χ1) is 9.33. The second kappa shape index (κ2) is 4.97. The molecule has 3 rings (SSSR count). The van der Waals surface area contributed by atoms with Crippen molar-refractivity contribution >= 4 is 17.2 Å². The average molecular weight is 253 g/mol. The van der Waals surface area contributed by atoms with Gasteiger partial charge in [0, 0.05) is 18.0 Å². The second-order valence-corrected chi connectivity index (χ2v) is 4.15. The number of rotatable bonds is 3. The van der Waals surface area contributed by atoms with Crippen molar-refractivity contribution < 1.29 is 9.53 Å². The molecule has 0 aliphatic carbocycles. The number of aliphatic imine (C=N–C) groups is 1. The van der Waals surface area contributed by atoms with Crippen LogP contribution in [-0.2, 0) is 0 Å². The van der Waals surface area contributed by atoms with E-state index in [0.29, 0.717) is 22.7 Å². The first-order valence-electron chi connectivity index (χ1n) is 5.89. The number of Topliss-reactive ketones (excluding diaryl/α,β-unsaturated/α-hetero) is 1. The Bertz CT molecular complexity index is 638. The lowest BCUT2D eigenvalue weighted by Gasteiger charge is -2.14. The van der Waals surface area contributed by atoms with Gasteiger partial charge in [0.1, 0.15) is 12.4 Å². The lowest BCUT2D eigenvalue weighted by Crippen LogP contribution is -2.19. The Morgan fingerprint density at radius 1 is 1.16 bits per heavy atom. The zero-order valence-electron chi connectivity index (χ0n) is 10.1. The van der Waals surface area contributed by atoms with E-state index in [0.717, 1.165) is 0 Å². The summed E-state index contributed by atoms with van der Waals surface area (Å²) in [7, 11) is 0. The van der Waals surface area contributed by atoms with Crippen LogP contribution in [-0.4, -0.2) is 28.1 Å². The smallest absolute Gasteiger partial charge is 0.170 e. The number of carbonyl (C=O) groups excluding carboxylic acids is 1. The molecular formula is C14H11N3O2. The van der Waals surface area contributed by atoms with Crippen molar-refractivity contribution in [3.8, 4) is 5.75 Å². The van der Waals surface area contributed by atoms with Crippen molar-refractivity contribution in [3.63, 3.8) is 0 Å². The zero-order valence-corrected chi connectivity index (χ0v) is 10.1. The molecule has 19 heavy (non-hydrogen) atoms. The molecule has 3 heterocycles. The third-order valence-corrected chi connectivity index (χ3v) is 2.78. The number of ether oxygens (including phenoxy) is 1. The summed E-state index contributed by atoms with van der Waals surface area (Å²) in [5.74, 6) is 0.715. The van der Waals surface area contributed by atoms with E-state index in [2.05, 4.69) is 15.0 Å². The van der Waals surface area contributed by atoms with Gasteiger partial charge in [-0.05, 0) is 18.2 Å². The molecule has 0 unspecified atom stereocenters. The third kappa shape index (κ3) is 2.49. The fraction of sp³-hybridized carbons (Fsp3) is 0.143. The van der Waals surface area contributed by atoms with Crippen LogP contribution in [0.1, 0.15) is 16.8 Å². The van der Waals surface area contributed by atoms with Crippen molar-refractivity contribution in [2.24, 2.45) is 4.99 Å². The number of fused-ring (bicyclic) bond motifs is 1. The van der Waals surface area contributed by atoms with Gasteiger partial charge in [-0.25, -0.2) is 0 Å². The predicted octanol–water partition coefficient (Wildman–Crippen LogP) is 2.21. The van der Waals surface area contributed by atoms with Crippen LogP contribution in [0.3, 0.4) is 0 Å². The third-order valence-electron chi connectivity index (χ3n) is 2.78. The van der Waals surface area contributed by atoms with E-state index in [1.54, 1.807) is 36.9 Å². The molecule has 0 aromatic carbocycles. The van der Waals surface area contributed by atoms with Crippen LogP contribution in [0.5, 0.6) is 5.75 Å². The molecule has 1 aliphatic rings. The van der Waals surface area contributed by atoms with E-state index < -0.39 is 0 Å². The van der Waals surface area contributed by atoms with Gasteiger partial charge in [0.05, 0.1) is 30.2 Å². The summed E-state index contributed by atoms with van der Waals surface area (Å²) in [6.07, 6.45) is 6.79. The fourth-order valence-corrected chi connectivity index (χ4v) is 1.88. The molecule has 0 bridgehead atoms. The summed E-state index contributed by atoms with van der Waals surface area (Å²) >= 11 is 0. The van der Waals surface area contributed by atoms with Gasteiger partial charge in [0.25, 0.3) is 0 Å². The molecule has 2 aromatic heterocycles. The maximum Gasteiger partial charge on any atom is 0.170 e. The fourth-order valence-electron chi connectivity index (χ4n) is 1.88. The van der Waals surface area contributed by atoms with Crippen LogP contribution in [0.4, 0.5) is 5.69 Å². The Kier molecular flexibility index (Phi) is 3.02. The summed E-state index contributed by atoms with van der Waals surface area (Å²) in [6, 6.07) is 5.30. The highest BCUT2D eigenvalue weighted by Gasteiger charge is 2.19. The normalized spacial score (nSPS) is 13.7. The Hall–Kier alpha value is -2.56. The summed E-state index contributed by atoms with van der Waals surface area (Å²) in [4.78, 5) is 24.3. The largest absolute Gasteiger partial charge is 0.486 e. The van der Waals surface area contributed by atoms with E-state index in [1.165, 1.54) is 0 Å². The van der Waals surface area contributed by atoms with Crippen molar-refractivity contribution in [1.82, 2.24) is 9.97 Å². The quantitative estimate of drug-likeness (QED) is 0.841. The molecule has 0 N–H and O–H groups in total. The zero-order chi connectivity index (χ0) is 13.1. The maximum absolute atomic E-state index is 11.9. The van der Waals surface area contributed by atoms with Gasteiger partial charge in [-0.15, -0.1) is 0 Å². The molecular weight excluding hydrogens is 242 g/mol. The molecule has 0 amide bonds. The van der Waals surface area contributed by atoms with Crippen molar-refractivity contribution in [2.75, 3.05) is 6.61 Å². The number of nitrogens with zero attached hydrogens (tertiary/aromatic N) is 3. The van der Waals surface area contributed by atoms with Gasteiger partial charge in [-0.2, -0.15) is 0 Å². The molecule has 5 nitrogen and oxygen atoms in total. The van der Waals surface area contributed by atoms with Gasteiger partial charge in [0.15, 0.2) is 5.78 Å². The molecule has 0 saturated carbocycles. The van der Waals surface area contributed by atoms with E-state index >= 15 is 0 Å². The van der Waals surface area contributed by atoms with E-state index in [-0.39, 0.29) is 18.8 Å². The first-order valence-corrected chi connectivity index (χ1v) is 5.89. The number of hydrogen-bond acceptors (Lipinski definition) is 5. The average Bonchev–Trinajstić information content (AvgIpc) is 2.46. The second-order valence-electron chi connectivity index (χ2n) is 4.15. The minimum Gasteiger partial charge on any atom is -0.486 e. The van der Waals surface area contributed by atoms with Crippen molar-refractivity contribution in [2.45, 2.75) is 6.42 Å². The molecule has 0 spiro atoms. The molecule has 0 radical (unpaired) electrons. The number of pyridine rings is 2. The van der Waals surface area contributed by atoms with E-state index in [4.69, 9.17) is 4.74 Å². The van der Waals surface area contributed by atoms with Gasteiger partial charge >= 0.3 is 0 Å². The number of hydrogen-bond donors (Lipinski definition) is 0. The van der Waals surface area contributed by atoms with E-state index in [9.17, 15) is 4.79 Å². The number of aromatic nitrogens is 2. The van der Waals surface area contributed by atoms with Crippen molar-refractivity contribution in [3.05, 3.63) is 48.5 Å². The van der Waals surface area contributed by atoms with Crippen LogP contribution in [0.25, 0.3) is 0 Å². The predicted molar refractivity (Wildman–Crippen MR) is 70.0 cm³/mol. The monoisotopic (exact) mass is 253 g/mol. The molecule has 1 aliphatic heterocycles. The summed E-state index contributed by atoms with van der Waals surface area (Å²) in [5, 5.41) is 0. The molecule has 0 fully saturated rings. The summed E-state index contributed by atoms with van der Waals surface area (Å²) in [6.45, 7) is 0.283. The molecule has 2 aromatic rings.